The highest BCUT2D eigenvalue weighted by Crippen LogP contribution is 2.60. The summed E-state index contributed by atoms with van der Waals surface area (Å²) in [5.74, 6) is 2.04. The Morgan fingerprint density at radius 1 is 1.08 bits per heavy atom. The van der Waals surface area contributed by atoms with Gasteiger partial charge in [-0.3, -0.25) is 14.9 Å². The van der Waals surface area contributed by atoms with Crippen LogP contribution in [0.5, 0.6) is 0 Å². The Labute approximate surface area is 158 Å². The van der Waals surface area contributed by atoms with Crippen LogP contribution in [-0.2, 0) is 9.59 Å². The minimum atomic E-state index is -0.542. The van der Waals surface area contributed by atoms with Crippen LogP contribution in [0.3, 0.4) is 0 Å². The van der Waals surface area contributed by atoms with E-state index in [2.05, 4.69) is 20.8 Å². The summed E-state index contributed by atoms with van der Waals surface area (Å²) in [6.45, 7) is 5.78. The van der Waals surface area contributed by atoms with E-state index in [1.165, 1.54) is 30.6 Å². The summed E-state index contributed by atoms with van der Waals surface area (Å²) in [5.41, 5.74) is -0.235. The lowest BCUT2D eigenvalue weighted by molar-refractivity contribution is -0.148. The molecule has 7 heteroatoms. The minimum Gasteiger partial charge on any atom is -0.344 e. The molecule has 1 heterocycles. The minimum absolute atomic E-state index is 0.0156. The topological polar surface area (TPSA) is 84.0 Å². The summed E-state index contributed by atoms with van der Waals surface area (Å²) < 4.78 is 0. The molecule has 4 fully saturated rings. The lowest BCUT2D eigenvalue weighted by Crippen LogP contribution is -2.57. The second-order valence-electron chi connectivity index (χ2n) is 9.01. The third-order valence-electron chi connectivity index (χ3n) is 6.51. The predicted octanol–water partition coefficient (Wildman–Crippen LogP) is 3.14. The molecule has 4 aliphatic rings. The number of anilines is 1. The maximum absolute atomic E-state index is 13.3. The van der Waals surface area contributed by atoms with Crippen LogP contribution in [-0.4, -0.2) is 28.1 Å². The number of nitrogens with one attached hydrogen (secondary N) is 2. The number of aryl methyl sites for hydroxylation is 1. The van der Waals surface area contributed by atoms with Gasteiger partial charge >= 0.3 is 0 Å². The fraction of sp³-hybridized carbons (Fsp3) is 0.789. The van der Waals surface area contributed by atoms with Crippen molar-refractivity contribution in [2.75, 3.05) is 5.32 Å². The fourth-order valence-electron chi connectivity index (χ4n) is 5.75. The van der Waals surface area contributed by atoms with Gasteiger partial charge in [0.15, 0.2) is 0 Å². The number of carbonyl (C=O) groups excluding carboxylic acids is 2. The van der Waals surface area contributed by atoms with E-state index in [-0.39, 0.29) is 23.1 Å². The lowest BCUT2D eigenvalue weighted by Gasteiger charge is -2.55. The quantitative estimate of drug-likeness (QED) is 0.827. The Morgan fingerprint density at radius 3 is 2.12 bits per heavy atom. The van der Waals surface area contributed by atoms with Crippen LogP contribution in [0.15, 0.2) is 0 Å². The van der Waals surface area contributed by atoms with Gasteiger partial charge in [0.1, 0.15) is 11.0 Å². The molecule has 4 aliphatic carbocycles. The van der Waals surface area contributed by atoms with E-state index in [0.29, 0.717) is 22.9 Å². The number of nitrogens with zero attached hydrogens (tertiary/aromatic N) is 2. The monoisotopic (exact) mass is 376 g/mol. The molecule has 1 aromatic rings. The lowest BCUT2D eigenvalue weighted by atomic mass is 9.49. The average Bonchev–Trinajstić information content (AvgIpc) is 2.95. The molecule has 5 rings (SSSR count). The van der Waals surface area contributed by atoms with E-state index in [4.69, 9.17) is 0 Å². The van der Waals surface area contributed by atoms with E-state index in [1.54, 1.807) is 0 Å². The zero-order valence-corrected chi connectivity index (χ0v) is 16.6. The molecule has 4 bridgehead atoms. The van der Waals surface area contributed by atoms with Crippen LogP contribution < -0.4 is 10.6 Å². The molecule has 4 saturated carbocycles. The Hall–Kier alpha value is -1.50. The van der Waals surface area contributed by atoms with Crippen LogP contribution in [0.2, 0.25) is 0 Å². The molecule has 0 radical (unpaired) electrons. The highest BCUT2D eigenvalue weighted by atomic mass is 32.1. The van der Waals surface area contributed by atoms with Gasteiger partial charge in [-0.1, -0.05) is 25.2 Å². The summed E-state index contributed by atoms with van der Waals surface area (Å²) in [4.78, 5) is 26.0. The van der Waals surface area contributed by atoms with Crippen molar-refractivity contribution >= 4 is 28.3 Å². The van der Waals surface area contributed by atoms with Crippen molar-refractivity contribution in [3.05, 3.63) is 5.01 Å². The van der Waals surface area contributed by atoms with Gasteiger partial charge in [-0.25, -0.2) is 0 Å². The average molecular weight is 377 g/mol. The first-order valence-corrected chi connectivity index (χ1v) is 10.6. The molecule has 142 valence electrons. The second kappa shape index (κ2) is 6.59. The molecule has 26 heavy (non-hydrogen) atoms. The first-order chi connectivity index (χ1) is 12.3. The molecule has 2 amide bonds. The number of carbonyl (C=O) groups is 2. The van der Waals surface area contributed by atoms with Crippen LogP contribution in [0.4, 0.5) is 5.13 Å². The smallest absolute Gasteiger partial charge is 0.249 e. The third kappa shape index (κ3) is 3.26. The van der Waals surface area contributed by atoms with E-state index in [1.807, 2.05) is 20.8 Å². The van der Waals surface area contributed by atoms with Gasteiger partial charge < -0.3 is 5.32 Å². The van der Waals surface area contributed by atoms with Crippen molar-refractivity contribution < 1.29 is 9.59 Å². The summed E-state index contributed by atoms with van der Waals surface area (Å²) >= 11 is 1.34. The first kappa shape index (κ1) is 17.9. The van der Waals surface area contributed by atoms with Crippen molar-refractivity contribution in [3.63, 3.8) is 0 Å². The molecular weight excluding hydrogens is 348 g/mol. The highest BCUT2D eigenvalue weighted by molar-refractivity contribution is 7.15. The molecule has 0 saturated heterocycles. The number of hydrogen-bond acceptors (Lipinski definition) is 5. The fourth-order valence-corrected chi connectivity index (χ4v) is 6.34. The van der Waals surface area contributed by atoms with Crippen molar-refractivity contribution in [1.82, 2.24) is 15.5 Å². The van der Waals surface area contributed by atoms with Gasteiger partial charge in [-0.05, 0) is 69.1 Å². The van der Waals surface area contributed by atoms with Crippen molar-refractivity contribution in [2.24, 2.45) is 29.1 Å². The van der Waals surface area contributed by atoms with Crippen molar-refractivity contribution in [1.29, 1.82) is 0 Å². The highest BCUT2D eigenvalue weighted by Gasteiger charge is 2.55. The molecule has 1 unspecified atom stereocenters. The van der Waals surface area contributed by atoms with Crippen molar-refractivity contribution in [3.8, 4) is 0 Å². The van der Waals surface area contributed by atoms with Crippen LogP contribution in [0.25, 0.3) is 0 Å². The zero-order valence-electron chi connectivity index (χ0n) is 15.7. The number of rotatable bonds is 5. The molecular formula is C19H28N4O2S. The summed E-state index contributed by atoms with van der Waals surface area (Å²) in [5, 5.41) is 15.1. The standard InChI is InChI=1S/C19H28N4O2S/c1-10(2)15(16(24)21-18-23-22-11(3)26-18)20-17(25)19-7-12-4-13(8-19)6-14(5-12)9-19/h10,12-15H,4-9H2,1-3H3,(H,20,25)(H,21,23,24). The molecule has 2 N–H and O–H groups in total. The molecule has 0 aliphatic heterocycles. The maximum atomic E-state index is 13.3. The van der Waals surface area contributed by atoms with Gasteiger partial charge in [-0.2, -0.15) is 0 Å². The summed E-state index contributed by atoms with van der Waals surface area (Å²) in [6.07, 6.45) is 6.93. The van der Waals surface area contributed by atoms with Crippen molar-refractivity contribution in [2.45, 2.75) is 65.3 Å². The van der Waals surface area contributed by atoms with E-state index < -0.39 is 6.04 Å². The molecule has 0 aromatic carbocycles. The second-order valence-corrected chi connectivity index (χ2v) is 10.2. The largest absolute Gasteiger partial charge is 0.344 e. The van der Waals surface area contributed by atoms with Gasteiger partial charge in [0, 0.05) is 5.41 Å². The zero-order chi connectivity index (χ0) is 18.5. The third-order valence-corrected chi connectivity index (χ3v) is 7.27. The SMILES string of the molecule is Cc1nnc(NC(=O)C(NC(=O)C23CC4CC(CC(C4)C2)C3)C(C)C)s1. The number of amides is 2. The summed E-state index contributed by atoms with van der Waals surface area (Å²) in [7, 11) is 0. The predicted molar refractivity (Wildman–Crippen MR) is 101 cm³/mol. The van der Waals surface area contributed by atoms with E-state index >= 15 is 0 Å². The molecule has 0 spiro atoms. The van der Waals surface area contributed by atoms with Gasteiger partial charge in [-0.15, -0.1) is 10.2 Å². The Balaban J connectivity index is 1.46. The Morgan fingerprint density at radius 2 is 1.65 bits per heavy atom. The Bertz CT molecular complexity index is 679. The van der Waals surface area contributed by atoms with Gasteiger partial charge in [0.05, 0.1) is 0 Å². The normalized spacial score (nSPS) is 33.3. The van der Waals surface area contributed by atoms with Crippen LogP contribution in [0, 0.1) is 36.0 Å². The first-order valence-electron chi connectivity index (χ1n) is 9.76. The molecule has 1 atom stereocenters. The van der Waals surface area contributed by atoms with Gasteiger partial charge in [0.25, 0.3) is 0 Å². The van der Waals surface area contributed by atoms with Gasteiger partial charge in [0.2, 0.25) is 16.9 Å². The number of aromatic nitrogens is 2. The van der Waals surface area contributed by atoms with E-state index in [0.717, 1.165) is 24.3 Å². The van der Waals surface area contributed by atoms with E-state index in [9.17, 15) is 9.59 Å². The molecule has 1 aromatic heterocycles. The van der Waals surface area contributed by atoms with Crippen LogP contribution >= 0.6 is 11.3 Å². The summed E-state index contributed by atoms with van der Waals surface area (Å²) in [6, 6.07) is -0.542. The Kier molecular flexibility index (Phi) is 4.53. The number of hydrogen-bond donors (Lipinski definition) is 2. The maximum Gasteiger partial charge on any atom is 0.249 e. The van der Waals surface area contributed by atoms with Crippen LogP contribution in [0.1, 0.15) is 57.4 Å². The molecule has 6 nitrogen and oxygen atoms in total.